The largest absolute Gasteiger partial charge is 0.595 e. The number of methoxy groups -OCH3 is 1. The van der Waals surface area contributed by atoms with E-state index in [4.69, 9.17) is 4.74 Å². The van der Waals surface area contributed by atoms with Crippen LogP contribution in [0.15, 0.2) is 66.7 Å². The van der Waals surface area contributed by atoms with Crippen LogP contribution >= 0.6 is 0 Å². The summed E-state index contributed by atoms with van der Waals surface area (Å²) < 4.78 is 18.5. The molecule has 4 nitrogen and oxygen atoms in total. The van der Waals surface area contributed by atoms with Gasteiger partial charge in [0.1, 0.15) is 11.6 Å². The van der Waals surface area contributed by atoms with Gasteiger partial charge in [-0.3, -0.25) is 0 Å². The third-order valence-corrected chi connectivity index (χ3v) is 4.01. The van der Waals surface area contributed by atoms with Crippen LogP contribution in [0.5, 0.6) is 5.75 Å². The van der Waals surface area contributed by atoms with Crippen LogP contribution < -0.4 is 9.96 Å². The van der Waals surface area contributed by atoms with Gasteiger partial charge in [0.15, 0.2) is 5.69 Å². The minimum atomic E-state index is -0.969. The molecule has 0 aliphatic heterocycles. The van der Waals surface area contributed by atoms with Crippen molar-refractivity contribution in [2.75, 3.05) is 7.11 Å². The Balaban J connectivity index is 1.97. The van der Waals surface area contributed by atoms with Gasteiger partial charge < -0.3 is 9.94 Å². The van der Waals surface area contributed by atoms with Gasteiger partial charge in [-0.15, -0.1) is 0 Å². The zero-order valence-electron chi connectivity index (χ0n) is 13.7. The molecule has 3 aromatic rings. The third-order valence-electron chi connectivity index (χ3n) is 4.01. The summed E-state index contributed by atoms with van der Waals surface area (Å²) in [6.45, 7) is 0. The fourth-order valence-corrected chi connectivity index (χ4v) is 2.75. The lowest BCUT2D eigenvalue weighted by Gasteiger charge is -2.15. The van der Waals surface area contributed by atoms with E-state index in [-0.39, 0.29) is 11.5 Å². The van der Waals surface area contributed by atoms with Crippen molar-refractivity contribution in [1.29, 1.82) is 0 Å². The number of hydrogen-bond acceptors (Lipinski definition) is 3. The molecule has 3 rings (SSSR count). The minimum Gasteiger partial charge on any atom is -0.595 e. The van der Waals surface area contributed by atoms with Crippen molar-refractivity contribution in [2.24, 2.45) is 0 Å². The highest BCUT2D eigenvalue weighted by molar-refractivity contribution is 5.73. The van der Waals surface area contributed by atoms with Crippen LogP contribution in [0.2, 0.25) is 0 Å². The van der Waals surface area contributed by atoms with Crippen molar-refractivity contribution in [3.8, 4) is 16.9 Å². The quantitative estimate of drug-likeness (QED) is 0.700. The predicted molar refractivity (Wildman–Crippen MR) is 93.4 cm³/mol. The number of halogens is 1. The molecule has 1 atom stereocenters. The van der Waals surface area contributed by atoms with E-state index in [1.54, 1.807) is 37.4 Å². The van der Waals surface area contributed by atoms with E-state index in [1.165, 1.54) is 12.1 Å². The summed E-state index contributed by atoms with van der Waals surface area (Å²) in [6, 6.07) is 18.9. The van der Waals surface area contributed by atoms with Gasteiger partial charge in [-0.25, -0.2) is 9.60 Å². The molecular weight excluding hydrogens is 321 g/mol. The maximum Gasteiger partial charge on any atom is 0.164 e. The Morgan fingerprint density at radius 1 is 1.00 bits per heavy atom. The number of hydrogen-bond donors (Lipinski definition) is 2. The van der Waals surface area contributed by atoms with Gasteiger partial charge in [0, 0.05) is 17.7 Å². The molecule has 25 heavy (non-hydrogen) atoms. The zero-order chi connectivity index (χ0) is 17.8. The Labute approximate surface area is 145 Å². The second kappa shape index (κ2) is 7.44. The normalized spacial score (nSPS) is 12.0. The number of nitrogens with one attached hydrogen (secondary N) is 1. The van der Waals surface area contributed by atoms with Crippen molar-refractivity contribution in [3.05, 3.63) is 88.9 Å². The highest BCUT2D eigenvalue weighted by Gasteiger charge is 2.10. The van der Waals surface area contributed by atoms with Crippen LogP contribution in [0.25, 0.3) is 11.1 Å². The van der Waals surface area contributed by atoms with E-state index in [2.05, 4.69) is 0 Å². The van der Waals surface area contributed by atoms with Crippen LogP contribution in [0, 0.1) is 11.0 Å². The fraction of sp³-hybridized carbons (Fsp3) is 0.100. The monoisotopic (exact) mass is 339 g/mol. The van der Waals surface area contributed by atoms with Crippen LogP contribution in [-0.4, -0.2) is 12.3 Å². The summed E-state index contributed by atoms with van der Waals surface area (Å²) in [5.74, 6) is 0.412. The van der Waals surface area contributed by atoms with Crippen LogP contribution in [0.4, 0.5) is 10.1 Å². The topological polar surface area (TPSA) is 57.0 Å². The molecular formula is C20H18FNO3. The van der Waals surface area contributed by atoms with Crippen molar-refractivity contribution >= 4 is 5.69 Å². The van der Waals surface area contributed by atoms with Gasteiger partial charge in [-0.1, -0.05) is 30.3 Å². The smallest absolute Gasteiger partial charge is 0.164 e. The number of ether oxygens (including phenoxy) is 1. The lowest BCUT2D eigenvalue weighted by molar-refractivity contribution is -0.991. The lowest BCUT2D eigenvalue weighted by atomic mass is 9.98. The van der Waals surface area contributed by atoms with Crippen molar-refractivity contribution in [2.45, 2.75) is 6.42 Å². The SMILES string of the molecule is COc1ccc(Cc2ccc(F)cc2)cc1-c1cccc([NH+]([O-])O)c1. The third kappa shape index (κ3) is 4.03. The summed E-state index contributed by atoms with van der Waals surface area (Å²) in [7, 11) is 1.58. The number of rotatable bonds is 5. The second-order valence-electron chi connectivity index (χ2n) is 5.72. The summed E-state index contributed by atoms with van der Waals surface area (Å²) in [5, 5.41) is 19.4. The zero-order valence-corrected chi connectivity index (χ0v) is 13.7. The molecule has 0 saturated carbocycles. The van der Waals surface area contributed by atoms with Gasteiger partial charge in [0.25, 0.3) is 0 Å². The first-order valence-electron chi connectivity index (χ1n) is 7.82. The van der Waals surface area contributed by atoms with Crippen molar-refractivity contribution in [1.82, 2.24) is 0 Å². The van der Waals surface area contributed by atoms with Crippen LogP contribution in [0.1, 0.15) is 11.1 Å². The van der Waals surface area contributed by atoms with E-state index < -0.39 is 5.23 Å². The van der Waals surface area contributed by atoms with E-state index in [0.717, 1.165) is 22.3 Å². The molecule has 0 saturated heterocycles. The molecule has 2 N–H and O–H groups in total. The maximum absolute atomic E-state index is 13.0. The Kier molecular flexibility index (Phi) is 5.09. The fourth-order valence-electron chi connectivity index (χ4n) is 2.75. The molecule has 0 fully saturated rings. The average Bonchev–Trinajstić information content (AvgIpc) is 2.63. The summed E-state index contributed by atoms with van der Waals surface area (Å²) in [6.07, 6.45) is 0.649. The molecule has 0 heterocycles. The molecule has 0 aliphatic carbocycles. The number of quaternary nitrogens is 1. The second-order valence-corrected chi connectivity index (χ2v) is 5.72. The molecule has 0 amide bonds. The average molecular weight is 339 g/mol. The highest BCUT2D eigenvalue weighted by atomic mass is 19.1. The molecule has 0 spiro atoms. The molecule has 1 unspecified atom stereocenters. The summed E-state index contributed by atoms with van der Waals surface area (Å²) >= 11 is 0. The molecule has 0 bridgehead atoms. The van der Waals surface area contributed by atoms with Crippen LogP contribution in [-0.2, 0) is 6.42 Å². The molecule has 3 aromatic carbocycles. The van der Waals surface area contributed by atoms with E-state index in [9.17, 15) is 14.8 Å². The van der Waals surface area contributed by atoms with E-state index in [0.29, 0.717) is 12.2 Å². The Bertz CT molecular complexity index is 863. The van der Waals surface area contributed by atoms with Crippen molar-refractivity contribution in [3.63, 3.8) is 0 Å². The number of benzene rings is 3. The Morgan fingerprint density at radius 3 is 2.40 bits per heavy atom. The lowest BCUT2D eigenvalue weighted by Crippen LogP contribution is -2.99. The standard InChI is InChI=1S/C20H18FNO3/c1-25-20-10-7-15(11-14-5-8-17(21)9-6-14)12-19(20)16-3-2-4-18(13-16)22(23)24/h2-10,12-13,22-23H,11H2,1H3. The van der Waals surface area contributed by atoms with E-state index >= 15 is 0 Å². The predicted octanol–water partition coefficient (Wildman–Crippen LogP) is 3.50. The molecule has 0 radical (unpaired) electrons. The summed E-state index contributed by atoms with van der Waals surface area (Å²) in [4.78, 5) is 0. The molecule has 128 valence electrons. The molecule has 0 aromatic heterocycles. The first kappa shape index (κ1) is 17.1. The van der Waals surface area contributed by atoms with Gasteiger partial charge >= 0.3 is 0 Å². The highest BCUT2D eigenvalue weighted by Crippen LogP contribution is 2.32. The van der Waals surface area contributed by atoms with E-state index in [1.807, 2.05) is 24.3 Å². The molecule has 0 aliphatic rings. The van der Waals surface area contributed by atoms with Gasteiger partial charge in [0.05, 0.1) is 7.11 Å². The maximum atomic E-state index is 13.0. The van der Waals surface area contributed by atoms with Gasteiger partial charge in [-0.05, 0) is 47.4 Å². The summed E-state index contributed by atoms with van der Waals surface area (Å²) in [5.41, 5.74) is 3.85. The first-order chi connectivity index (χ1) is 12.1. The van der Waals surface area contributed by atoms with Gasteiger partial charge in [0.2, 0.25) is 0 Å². The minimum absolute atomic E-state index is 0.225. The first-order valence-corrected chi connectivity index (χ1v) is 7.82. The molecule has 5 heteroatoms. The van der Waals surface area contributed by atoms with Crippen molar-refractivity contribution < 1.29 is 19.6 Å². The van der Waals surface area contributed by atoms with Gasteiger partial charge in [-0.2, -0.15) is 5.23 Å². The van der Waals surface area contributed by atoms with Crippen LogP contribution in [0.3, 0.4) is 0 Å². The Morgan fingerprint density at radius 2 is 1.72 bits per heavy atom. The Hall–Kier alpha value is -2.73.